The second-order valence-electron chi connectivity index (χ2n) is 6.31. The van der Waals surface area contributed by atoms with Gasteiger partial charge < -0.3 is 10.3 Å². The predicted molar refractivity (Wildman–Crippen MR) is 106 cm³/mol. The van der Waals surface area contributed by atoms with Crippen molar-refractivity contribution < 1.29 is 13.2 Å². The van der Waals surface area contributed by atoms with E-state index in [-0.39, 0.29) is 4.90 Å². The lowest BCUT2D eigenvalue weighted by atomic mass is 10.1. The topological polar surface area (TPSA) is 91.1 Å². The standard InChI is InChI=1S/C20H21N3O3S/c1-14-8-10-18(11-9-14)27(25,26)23-15(2)20(24)22-17-12-19(21-13-17)16-6-4-3-5-7-16/h3-13,15,21,23H,1-2H3,(H,22,24). The van der Waals surface area contributed by atoms with Gasteiger partial charge in [0.15, 0.2) is 0 Å². The van der Waals surface area contributed by atoms with Gasteiger partial charge in [-0.25, -0.2) is 8.42 Å². The lowest BCUT2D eigenvalue weighted by Crippen LogP contribution is -2.41. The lowest BCUT2D eigenvalue weighted by molar-refractivity contribution is -0.117. The molecule has 0 spiro atoms. The van der Waals surface area contributed by atoms with Crippen LogP contribution in [0.4, 0.5) is 5.69 Å². The van der Waals surface area contributed by atoms with Gasteiger partial charge in [0.1, 0.15) is 0 Å². The van der Waals surface area contributed by atoms with Crippen LogP contribution in [0.5, 0.6) is 0 Å². The van der Waals surface area contributed by atoms with E-state index >= 15 is 0 Å². The minimum absolute atomic E-state index is 0.126. The molecule has 0 saturated heterocycles. The number of sulfonamides is 1. The first-order valence-electron chi connectivity index (χ1n) is 8.49. The summed E-state index contributed by atoms with van der Waals surface area (Å²) in [5.41, 5.74) is 3.38. The monoisotopic (exact) mass is 383 g/mol. The van der Waals surface area contributed by atoms with Crippen molar-refractivity contribution in [2.75, 3.05) is 5.32 Å². The van der Waals surface area contributed by atoms with Crippen LogP contribution in [0, 0.1) is 6.92 Å². The minimum Gasteiger partial charge on any atom is -0.359 e. The molecule has 27 heavy (non-hydrogen) atoms. The molecule has 0 radical (unpaired) electrons. The normalized spacial score (nSPS) is 12.5. The number of aryl methyl sites for hydroxylation is 1. The molecule has 0 fully saturated rings. The zero-order valence-corrected chi connectivity index (χ0v) is 15.9. The molecule has 3 rings (SSSR count). The van der Waals surface area contributed by atoms with E-state index in [0.29, 0.717) is 5.69 Å². The highest BCUT2D eigenvalue weighted by Gasteiger charge is 2.22. The molecular weight excluding hydrogens is 362 g/mol. The van der Waals surface area contributed by atoms with Gasteiger partial charge in [0, 0.05) is 11.9 Å². The first-order valence-corrected chi connectivity index (χ1v) is 9.97. The van der Waals surface area contributed by atoms with Crippen LogP contribution < -0.4 is 10.0 Å². The molecule has 0 aliphatic heterocycles. The number of amides is 1. The third kappa shape index (κ3) is 4.64. The van der Waals surface area contributed by atoms with Gasteiger partial charge in [-0.05, 0) is 37.6 Å². The van der Waals surface area contributed by atoms with Gasteiger partial charge in [-0.2, -0.15) is 4.72 Å². The van der Waals surface area contributed by atoms with E-state index < -0.39 is 22.0 Å². The van der Waals surface area contributed by atoms with Crippen LogP contribution in [0.25, 0.3) is 11.3 Å². The maximum Gasteiger partial charge on any atom is 0.242 e. The summed E-state index contributed by atoms with van der Waals surface area (Å²) in [6.45, 7) is 3.38. The Balaban J connectivity index is 1.66. The van der Waals surface area contributed by atoms with Crippen molar-refractivity contribution in [2.24, 2.45) is 0 Å². The quantitative estimate of drug-likeness (QED) is 0.610. The average molecular weight is 383 g/mol. The van der Waals surface area contributed by atoms with E-state index in [1.807, 2.05) is 37.3 Å². The molecule has 7 heteroatoms. The summed E-state index contributed by atoms with van der Waals surface area (Å²) in [6, 6.07) is 17.0. The number of rotatable bonds is 6. The summed E-state index contributed by atoms with van der Waals surface area (Å²) in [5.74, 6) is -0.440. The maximum atomic E-state index is 12.4. The molecule has 0 aliphatic carbocycles. The number of carbonyl (C=O) groups is 1. The van der Waals surface area contributed by atoms with E-state index in [2.05, 4.69) is 15.0 Å². The fourth-order valence-corrected chi connectivity index (χ4v) is 3.78. The molecule has 3 N–H and O–H groups in total. The van der Waals surface area contributed by atoms with Crippen LogP contribution in [0.1, 0.15) is 12.5 Å². The maximum absolute atomic E-state index is 12.4. The molecule has 140 valence electrons. The molecule has 6 nitrogen and oxygen atoms in total. The van der Waals surface area contributed by atoms with E-state index in [4.69, 9.17) is 0 Å². The first-order chi connectivity index (χ1) is 12.8. The number of hydrogen-bond acceptors (Lipinski definition) is 3. The second kappa shape index (κ2) is 7.77. The summed E-state index contributed by atoms with van der Waals surface area (Å²) in [4.78, 5) is 15.6. The third-order valence-corrected chi connectivity index (χ3v) is 5.65. The van der Waals surface area contributed by atoms with Crippen molar-refractivity contribution in [1.82, 2.24) is 9.71 Å². The number of benzene rings is 2. The van der Waals surface area contributed by atoms with Crippen molar-refractivity contribution >= 4 is 21.6 Å². The zero-order valence-electron chi connectivity index (χ0n) is 15.1. The molecule has 0 aliphatic rings. The smallest absolute Gasteiger partial charge is 0.242 e. The van der Waals surface area contributed by atoms with E-state index in [9.17, 15) is 13.2 Å². The number of aromatic amines is 1. The molecular formula is C20H21N3O3S. The number of H-pyrrole nitrogens is 1. The number of carbonyl (C=O) groups excluding carboxylic acids is 1. The van der Waals surface area contributed by atoms with Crippen molar-refractivity contribution in [3.05, 3.63) is 72.4 Å². The van der Waals surface area contributed by atoms with E-state index in [1.54, 1.807) is 24.4 Å². The van der Waals surface area contributed by atoms with Crippen molar-refractivity contribution in [1.29, 1.82) is 0 Å². The lowest BCUT2D eigenvalue weighted by Gasteiger charge is -2.14. The van der Waals surface area contributed by atoms with E-state index in [0.717, 1.165) is 16.8 Å². The Morgan fingerprint density at radius 2 is 1.70 bits per heavy atom. The molecule has 0 saturated carbocycles. The summed E-state index contributed by atoms with van der Waals surface area (Å²) in [5, 5.41) is 2.72. The van der Waals surface area contributed by atoms with Crippen molar-refractivity contribution in [3.63, 3.8) is 0 Å². The predicted octanol–water partition coefficient (Wildman–Crippen LogP) is 3.30. The van der Waals surface area contributed by atoms with Gasteiger partial charge in [0.25, 0.3) is 0 Å². The Bertz CT molecular complexity index is 1030. The van der Waals surface area contributed by atoms with Gasteiger partial charge in [0.05, 0.1) is 16.6 Å². The van der Waals surface area contributed by atoms with Crippen LogP contribution >= 0.6 is 0 Å². The first kappa shape index (κ1) is 18.9. The molecule has 3 aromatic rings. The van der Waals surface area contributed by atoms with Crippen LogP contribution in [0.3, 0.4) is 0 Å². The highest BCUT2D eigenvalue weighted by molar-refractivity contribution is 7.89. The highest BCUT2D eigenvalue weighted by Crippen LogP contribution is 2.21. The summed E-state index contributed by atoms with van der Waals surface area (Å²) in [7, 11) is -3.77. The van der Waals surface area contributed by atoms with Crippen LogP contribution in [0.2, 0.25) is 0 Å². The van der Waals surface area contributed by atoms with Crippen molar-refractivity contribution in [2.45, 2.75) is 24.8 Å². The molecule has 1 aromatic heterocycles. The Kier molecular flexibility index (Phi) is 5.43. The zero-order chi connectivity index (χ0) is 19.4. The van der Waals surface area contributed by atoms with E-state index in [1.165, 1.54) is 19.1 Å². The van der Waals surface area contributed by atoms with Crippen LogP contribution in [0.15, 0.2) is 71.8 Å². The van der Waals surface area contributed by atoms with Gasteiger partial charge in [-0.15, -0.1) is 0 Å². The summed E-state index contributed by atoms with van der Waals surface area (Å²) < 4.78 is 27.2. The minimum atomic E-state index is -3.77. The van der Waals surface area contributed by atoms with Gasteiger partial charge in [-0.1, -0.05) is 48.0 Å². The van der Waals surface area contributed by atoms with Gasteiger partial charge >= 0.3 is 0 Å². The van der Waals surface area contributed by atoms with Gasteiger partial charge in [-0.3, -0.25) is 4.79 Å². The van der Waals surface area contributed by atoms with Gasteiger partial charge in [0.2, 0.25) is 15.9 Å². The number of aromatic nitrogens is 1. The number of anilines is 1. The summed E-state index contributed by atoms with van der Waals surface area (Å²) >= 11 is 0. The number of nitrogens with one attached hydrogen (secondary N) is 3. The summed E-state index contributed by atoms with van der Waals surface area (Å²) in [6.07, 6.45) is 1.67. The Hall–Kier alpha value is -2.90. The molecule has 0 bridgehead atoms. The highest BCUT2D eigenvalue weighted by atomic mass is 32.2. The molecule has 1 unspecified atom stereocenters. The van der Waals surface area contributed by atoms with Crippen LogP contribution in [-0.4, -0.2) is 25.4 Å². The Morgan fingerprint density at radius 1 is 1.04 bits per heavy atom. The number of hydrogen-bond donors (Lipinski definition) is 3. The molecule has 2 aromatic carbocycles. The average Bonchev–Trinajstić information content (AvgIpc) is 3.11. The Labute approximate surface area is 158 Å². The Morgan fingerprint density at radius 3 is 2.37 bits per heavy atom. The second-order valence-corrected chi connectivity index (χ2v) is 8.03. The largest absolute Gasteiger partial charge is 0.359 e. The van der Waals surface area contributed by atoms with Crippen molar-refractivity contribution in [3.8, 4) is 11.3 Å². The third-order valence-electron chi connectivity index (χ3n) is 4.09. The molecule has 1 amide bonds. The molecule has 1 heterocycles. The molecule has 1 atom stereocenters. The fourth-order valence-electron chi connectivity index (χ4n) is 2.57. The fraction of sp³-hybridized carbons (Fsp3) is 0.150. The van der Waals surface area contributed by atoms with Crippen LogP contribution in [-0.2, 0) is 14.8 Å². The SMILES string of the molecule is Cc1ccc(S(=O)(=O)NC(C)C(=O)Nc2c[nH]c(-c3ccccc3)c2)cc1.